The van der Waals surface area contributed by atoms with Gasteiger partial charge in [-0.05, 0) is 111 Å². The molecule has 3 saturated heterocycles. The standard InChI is InChI=1S/C47H80O20/c1-18(2)41(67-44-40(60)37(57)42(20(4)62-44)63-21(5)49)29(52)12-19(3)32-28(51)15-25-23-14-27(50)26-13-22(8-10-46(26,6)24(23)9-11-47(25,32)7)64-45-39(59)36(56)34(54)31(66-45)17-61-43-38(58)35(55)33(53)30(16-48)65-43/h18-20,22-45,48,50-60H,8-17H2,1-7H3/t19-,20-,22+,23-,24+,25+,26-,27-,28+,29-,30-,31-,32+,33-,34-,35+,36+,37-,38-,39-,40-,41+,42+,43-,44+,45-,46-,47+/m1/s1. The van der Waals surface area contributed by atoms with Crippen molar-refractivity contribution in [2.75, 3.05) is 13.2 Å². The summed E-state index contributed by atoms with van der Waals surface area (Å²) in [5.41, 5.74) is -0.553. The molecule has 388 valence electrons. The van der Waals surface area contributed by atoms with Crippen molar-refractivity contribution < 1.29 is 99.2 Å². The van der Waals surface area contributed by atoms with E-state index >= 15 is 0 Å². The Morgan fingerprint density at radius 2 is 1.30 bits per heavy atom. The van der Waals surface area contributed by atoms with Crippen molar-refractivity contribution in [1.29, 1.82) is 0 Å². The van der Waals surface area contributed by atoms with Crippen LogP contribution in [0, 0.1) is 52.3 Å². The molecule has 3 heterocycles. The van der Waals surface area contributed by atoms with Gasteiger partial charge in [0.25, 0.3) is 0 Å². The molecular formula is C47H80O20. The first-order valence-corrected chi connectivity index (χ1v) is 24.6. The molecule has 12 N–H and O–H groups in total. The third-order valence-corrected chi connectivity index (χ3v) is 17.6. The number of carbonyl (C=O) groups is 1. The average molecular weight is 965 g/mol. The lowest BCUT2D eigenvalue weighted by atomic mass is 9.43. The van der Waals surface area contributed by atoms with Gasteiger partial charge in [0.05, 0.1) is 49.8 Å². The van der Waals surface area contributed by atoms with Crippen LogP contribution in [0.1, 0.15) is 99.8 Å². The molecule has 0 spiro atoms. The van der Waals surface area contributed by atoms with Gasteiger partial charge in [-0.15, -0.1) is 0 Å². The maximum absolute atomic E-state index is 12.0. The summed E-state index contributed by atoms with van der Waals surface area (Å²) in [4.78, 5) is 11.6. The summed E-state index contributed by atoms with van der Waals surface area (Å²) >= 11 is 0. The molecule has 7 aliphatic rings. The smallest absolute Gasteiger partial charge is 0.303 e. The Bertz CT molecular complexity index is 1640. The van der Waals surface area contributed by atoms with Crippen LogP contribution in [0.5, 0.6) is 0 Å². The van der Waals surface area contributed by atoms with Gasteiger partial charge >= 0.3 is 5.97 Å². The number of carbonyl (C=O) groups excluding carboxylic acids is 1. The van der Waals surface area contributed by atoms with E-state index in [1.807, 2.05) is 20.8 Å². The van der Waals surface area contributed by atoms with Crippen LogP contribution >= 0.6 is 0 Å². The number of ether oxygens (including phenoxy) is 7. The number of aliphatic hydroxyl groups excluding tert-OH is 12. The molecule has 0 aromatic carbocycles. The van der Waals surface area contributed by atoms with E-state index in [0.29, 0.717) is 38.5 Å². The van der Waals surface area contributed by atoms with Crippen molar-refractivity contribution in [2.45, 2.75) is 222 Å². The van der Waals surface area contributed by atoms with Crippen LogP contribution < -0.4 is 0 Å². The highest BCUT2D eigenvalue weighted by atomic mass is 16.7. The topological polar surface area (TPSA) is 324 Å². The van der Waals surface area contributed by atoms with Crippen LogP contribution in [0.4, 0.5) is 0 Å². The first-order valence-electron chi connectivity index (χ1n) is 24.6. The molecule has 7 rings (SSSR count). The molecule has 0 radical (unpaired) electrons. The summed E-state index contributed by atoms with van der Waals surface area (Å²) in [6, 6.07) is 0. The van der Waals surface area contributed by atoms with Gasteiger partial charge in [0, 0.05) is 6.92 Å². The van der Waals surface area contributed by atoms with E-state index in [1.165, 1.54) is 6.92 Å². The fourth-order valence-electron chi connectivity index (χ4n) is 14.2. The lowest BCUT2D eigenvalue weighted by Gasteiger charge is -2.62. The van der Waals surface area contributed by atoms with Crippen LogP contribution in [0.3, 0.4) is 0 Å². The first kappa shape index (κ1) is 53.5. The van der Waals surface area contributed by atoms with Crippen molar-refractivity contribution in [3.63, 3.8) is 0 Å². The molecule has 4 saturated carbocycles. The van der Waals surface area contributed by atoms with Gasteiger partial charge in [-0.1, -0.05) is 34.6 Å². The highest BCUT2D eigenvalue weighted by Gasteiger charge is 2.65. The molecule has 67 heavy (non-hydrogen) atoms. The Morgan fingerprint density at radius 3 is 1.94 bits per heavy atom. The predicted molar refractivity (Wildman–Crippen MR) is 231 cm³/mol. The van der Waals surface area contributed by atoms with Crippen LogP contribution in [-0.4, -0.2) is 203 Å². The zero-order chi connectivity index (χ0) is 49.2. The third-order valence-electron chi connectivity index (χ3n) is 17.6. The summed E-state index contributed by atoms with van der Waals surface area (Å²) in [5.74, 6) is -0.797. The van der Waals surface area contributed by atoms with E-state index < -0.39 is 142 Å². The summed E-state index contributed by atoms with van der Waals surface area (Å²) in [6.07, 6.45) is -20.2. The second-order valence-electron chi connectivity index (χ2n) is 22.1. The average Bonchev–Trinajstić information content (AvgIpc) is 3.55. The monoisotopic (exact) mass is 965 g/mol. The molecule has 7 fully saturated rings. The molecule has 0 amide bonds. The minimum Gasteiger partial charge on any atom is -0.457 e. The number of esters is 1. The molecule has 20 nitrogen and oxygen atoms in total. The van der Waals surface area contributed by atoms with E-state index in [4.69, 9.17) is 33.2 Å². The SMILES string of the molecule is CC(=O)O[C@@H]1[C@H](O)[C@@H](O)[C@H](O[C@@H](C(C)C)[C@H](O)C[C@@H](C)[C@H]2[C@@H](O)C[C@H]3[C@@H]4C[C@@H](O)[C@H]5C[C@@H](O[C@@H]6O[C@H](CO[C@@H]7O[C@H](CO)[C@@H](O)[C@H](O)[C@H]7O)[C@@H](O)[C@H](O)[C@H]6O)CC[C@]5(C)[C@H]4CC[C@]23C)O[C@@H]1C. The number of rotatable bonds is 14. The second-order valence-corrected chi connectivity index (χ2v) is 22.1. The summed E-state index contributed by atoms with van der Waals surface area (Å²) in [7, 11) is 0. The fourth-order valence-corrected chi connectivity index (χ4v) is 14.2. The zero-order valence-electron chi connectivity index (χ0n) is 39.8. The largest absolute Gasteiger partial charge is 0.457 e. The van der Waals surface area contributed by atoms with Crippen LogP contribution in [-0.2, 0) is 38.0 Å². The highest BCUT2D eigenvalue weighted by molar-refractivity contribution is 5.66. The molecule has 0 aromatic rings. The molecule has 28 atom stereocenters. The molecular weight excluding hydrogens is 884 g/mol. The highest BCUT2D eigenvalue weighted by Crippen LogP contribution is 2.68. The van der Waals surface area contributed by atoms with Gasteiger partial charge in [0.15, 0.2) is 25.0 Å². The van der Waals surface area contributed by atoms with Crippen LogP contribution in [0.15, 0.2) is 0 Å². The Labute approximate surface area is 392 Å². The van der Waals surface area contributed by atoms with Crippen molar-refractivity contribution in [3.05, 3.63) is 0 Å². The van der Waals surface area contributed by atoms with E-state index in [-0.39, 0.29) is 52.3 Å². The van der Waals surface area contributed by atoms with Gasteiger partial charge in [-0.3, -0.25) is 4.79 Å². The number of hydrogen-bond acceptors (Lipinski definition) is 20. The molecule has 0 aromatic heterocycles. The van der Waals surface area contributed by atoms with Crippen molar-refractivity contribution in [2.24, 2.45) is 52.3 Å². The Hall–Kier alpha value is -1.25. The van der Waals surface area contributed by atoms with Crippen molar-refractivity contribution in [1.82, 2.24) is 0 Å². The van der Waals surface area contributed by atoms with Crippen molar-refractivity contribution >= 4 is 5.97 Å². The Balaban J connectivity index is 0.963. The van der Waals surface area contributed by atoms with Gasteiger partial charge in [0.1, 0.15) is 61.0 Å². The maximum atomic E-state index is 12.0. The Kier molecular flexibility index (Phi) is 16.8. The van der Waals surface area contributed by atoms with E-state index in [2.05, 4.69) is 13.8 Å². The van der Waals surface area contributed by atoms with Gasteiger partial charge in [0.2, 0.25) is 0 Å². The molecule has 3 aliphatic heterocycles. The van der Waals surface area contributed by atoms with Gasteiger partial charge in [-0.2, -0.15) is 0 Å². The minimum absolute atomic E-state index is 0.115. The number of hydrogen-bond donors (Lipinski definition) is 12. The third kappa shape index (κ3) is 10.2. The molecule has 20 heteroatoms. The first-order chi connectivity index (χ1) is 31.4. The van der Waals surface area contributed by atoms with Crippen molar-refractivity contribution in [3.8, 4) is 0 Å². The lowest BCUT2D eigenvalue weighted by molar-refractivity contribution is -0.338. The molecule has 4 aliphatic carbocycles. The minimum atomic E-state index is -1.70. The van der Waals surface area contributed by atoms with Gasteiger partial charge in [-0.25, -0.2) is 0 Å². The fraction of sp³-hybridized carbons (Fsp3) is 0.979. The second kappa shape index (κ2) is 21.1. The summed E-state index contributed by atoms with van der Waals surface area (Å²) in [5, 5.41) is 130. The predicted octanol–water partition coefficient (Wildman–Crippen LogP) is -1.58. The normalized spacial score (nSPS) is 51.6. The quantitative estimate of drug-likeness (QED) is 0.0691. The maximum Gasteiger partial charge on any atom is 0.303 e. The van der Waals surface area contributed by atoms with Crippen LogP contribution in [0.25, 0.3) is 0 Å². The van der Waals surface area contributed by atoms with E-state index in [0.717, 1.165) is 12.8 Å². The van der Waals surface area contributed by atoms with Gasteiger partial charge < -0.3 is 94.4 Å². The molecule has 0 unspecified atom stereocenters. The van der Waals surface area contributed by atoms with E-state index in [1.54, 1.807) is 6.92 Å². The zero-order valence-corrected chi connectivity index (χ0v) is 39.8. The summed E-state index contributed by atoms with van der Waals surface area (Å²) in [6.45, 7) is 12.0. The number of fused-ring (bicyclic) bond motifs is 5. The van der Waals surface area contributed by atoms with E-state index in [9.17, 15) is 66.1 Å². The number of aliphatic hydroxyl groups is 12. The summed E-state index contributed by atoms with van der Waals surface area (Å²) < 4.78 is 40.5. The molecule has 0 bridgehead atoms. The lowest BCUT2D eigenvalue weighted by Crippen LogP contribution is -2.62. The van der Waals surface area contributed by atoms with Crippen LogP contribution in [0.2, 0.25) is 0 Å². The Morgan fingerprint density at radius 1 is 0.687 bits per heavy atom.